The molecule has 0 aliphatic rings. The minimum absolute atomic E-state index is 0.0196. The number of nitrogens with one attached hydrogen (secondary N) is 2. The first kappa shape index (κ1) is 21.5. The maximum absolute atomic E-state index is 13.1. The molecule has 0 saturated heterocycles. The molecule has 0 fully saturated rings. The molecule has 30 heavy (non-hydrogen) atoms. The quantitative estimate of drug-likeness (QED) is 0.526. The number of benzene rings is 2. The van der Waals surface area contributed by atoms with Crippen LogP contribution >= 0.6 is 11.3 Å². The smallest absolute Gasteiger partial charge is 0.272 e. The summed E-state index contributed by atoms with van der Waals surface area (Å²) in [5.74, 6) is -1.27. The van der Waals surface area contributed by atoms with Gasteiger partial charge in [-0.05, 0) is 64.9 Å². The second-order valence-electron chi connectivity index (χ2n) is 7.82. The van der Waals surface area contributed by atoms with Crippen molar-refractivity contribution >= 4 is 34.9 Å². The van der Waals surface area contributed by atoms with E-state index >= 15 is 0 Å². The van der Waals surface area contributed by atoms with Crippen molar-refractivity contribution in [2.75, 3.05) is 5.32 Å². The number of amides is 2. The molecule has 0 aliphatic heterocycles. The van der Waals surface area contributed by atoms with Gasteiger partial charge in [-0.2, -0.15) is 0 Å². The molecule has 0 spiro atoms. The normalized spacial score (nSPS) is 11.8. The van der Waals surface area contributed by atoms with Crippen LogP contribution in [0.2, 0.25) is 0 Å². The first-order valence-electron chi connectivity index (χ1n) is 9.46. The molecule has 0 bridgehead atoms. The largest absolute Gasteiger partial charge is 0.321 e. The fourth-order valence-electron chi connectivity index (χ4n) is 2.72. The number of rotatable bonds is 5. The molecular weight excluding hydrogens is 399 g/mol. The maximum Gasteiger partial charge on any atom is 0.272 e. The van der Waals surface area contributed by atoms with E-state index in [0.29, 0.717) is 11.3 Å². The average molecular weight is 423 g/mol. The SMILES string of the molecule is CC(C)(C)c1ccc(C(=O)N/C(=C/c2cccs2)C(=O)Nc2ccc(F)cc2)cc1. The third-order valence-corrected chi connectivity index (χ3v) is 5.26. The molecule has 1 heterocycles. The van der Waals surface area contributed by atoms with Crippen LogP contribution in [0.15, 0.2) is 71.7 Å². The molecule has 0 atom stereocenters. The molecule has 154 valence electrons. The van der Waals surface area contributed by atoms with E-state index in [1.807, 2.05) is 29.6 Å². The van der Waals surface area contributed by atoms with E-state index < -0.39 is 11.7 Å². The lowest BCUT2D eigenvalue weighted by molar-refractivity contribution is -0.113. The van der Waals surface area contributed by atoms with Crippen molar-refractivity contribution in [3.05, 3.63) is 93.6 Å². The summed E-state index contributed by atoms with van der Waals surface area (Å²) < 4.78 is 13.1. The number of carbonyl (C=O) groups excluding carboxylic acids is 2. The highest BCUT2D eigenvalue weighted by atomic mass is 32.1. The minimum Gasteiger partial charge on any atom is -0.321 e. The summed E-state index contributed by atoms with van der Waals surface area (Å²) in [6.07, 6.45) is 1.62. The van der Waals surface area contributed by atoms with E-state index in [4.69, 9.17) is 0 Å². The van der Waals surface area contributed by atoms with Gasteiger partial charge in [0.2, 0.25) is 0 Å². The van der Waals surface area contributed by atoms with E-state index in [0.717, 1.165) is 10.4 Å². The third-order valence-electron chi connectivity index (χ3n) is 4.44. The first-order valence-corrected chi connectivity index (χ1v) is 10.3. The number of halogens is 1. The van der Waals surface area contributed by atoms with Crippen LogP contribution in [-0.4, -0.2) is 11.8 Å². The van der Waals surface area contributed by atoms with Gasteiger partial charge in [0.05, 0.1) is 0 Å². The van der Waals surface area contributed by atoms with Crippen LogP contribution in [0.1, 0.15) is 41.6 Å². The fraction of sp³-hybridized carbons (Fsp3) is 0.167. The van der Waals surface area contributed by atoms with Crippen molar-refractivity contribution in [3.63, 3.8) is 0 Å². The van der Waals surface area contributed by atoms with E-state index in [1.54, 1.807) is 18.2 Å². The summed E-state index contributed by atoms with van der Waals surface area (Å²) in [7, 11) is 0. The molecule has 0 radical (unpaired) electrons. The summed E-state index contributed by atoms with van der Waals surface area (Å²) in [6.45, 7) is 6.30. The van der Waals surface area contributed by atoms with Gasteiger partial charge in [-0.3, -0.25) is 9.59 Å². The highest BCUT2D eigenvalue weighted by Crippen LogP contribution is 2.22. The van der Waals surface area contributed by atoms with Gasteiger partial charge >= 0.3 is 0 Å². The molecule has 0 aliphatic carbocycles. The predicted molar refractivity (Wildman–Crippen MR) is 120 cm³/mol. The zero-order valence-corrected chi connectivity index (χ0v) is 17.8. The molecule has 2 N–H and O–H groups in total. The van der Waals surface area contributed by atoms with Crippen molar-refractivity contribution in [3.8, 4) is 0 Å². The van der Waals surface area contributed by atoms with Crippen LogP contribution in [0, 0.1) is 5.82 Å². The summed E-state index contributed by atoms with van der Waals surface area (Å²) >= 11 is 1.45. The van der Waals surface area contributed by atoms with Gasteiger partial charge < -0.3 is 10.6 Å². The van der Waals surface area contributed by atoms with Gasteiger partial charge in [-0.25, -0.2) is 4.39 Å². The zero-order chi connectivity index (χ0) is 21.7. The molecule has 0 unspecified atom stereocenters. The number of anilines is 1. The van der Waals surface area contributed by atoms with Crippen molar-refractivity contribution in [1.82, 2.24) is 5.32 Å². The number of hydrogen-bond donors (Lipinski definition) is 2. The maximum atomic E-state index is 13.1. The molecule has 2 amide bonds. The Kier molecular flexibility index (Phi) is 6.47. The van der Waals surface area contributed by atoms with Crippen molar-refractivity contribution in [1.29, 1.82) is 0 Å². The topological polar surface area (TPSA) is 58.2 Å². The lowest BCUT2D eigenvalue weighted by atomic mass is 9.87. The Morgan fingerprint density at radius 2 is 1.63 bits per heavy atom. The van der Waals surface area contributed by atoms with E-state index in [9.17, 15) is 14.0 Å². The van der Waals surface area contributed by atoms with Crippen LogP contribution in [-0.2, 0) is 10.2 Å². The number of thiophene rings is 1. The van der Waals surface area contributed by atoms with Crippen molar-refractivity contribution in [2.24, 2.45) is 0 Å². The average Bonchev–Trinajstić information content (AvgIpc) is 3.22. The lowest BCUT2D eigenvalue weighted by Gasteiger charge is -2.19. The molecule has 2 aromatic carbocycles. The molecule has 4 nitrogen and oxygen atoms in total. The summed E-state index contributed by atoms with van der Waals surface area (Å²) in [5.41, 5.74) is 2.08. The Morgan fingerprint density at radius 3 is 2.20 bits per heavy atom. The van der Waals surface area contributed by atoms with E-state index in [1.165, 1.54) is 35.6 Å². The molecule has 6 heteroatoms. The first-order chi connectivity index (χ1) is 14.2. The Balaban J connectivity index is 1.81. The fourth-order valence-corrected chi connectivity index (χ4v) is 3.38. The van der Waals surface area contributed by atoms with Gasteiger partial charge in [-0.1, -0.05) is 39.0 Å². The van der Waals surface area contributed by atoms with Crippen molar-refractivity contribution < 1.29 is 14.0 Å². The van der Waals surface area contributed by atoms with Crippen LogP contribution in [0.4, 0.5) is 10.1 Å². The number of carbonyl (C=O) groups is 2. The Labute approximate surface area is 179 Å². The Morgan fingerprint density at radius 1 is 0.967 bits per heavy atom. The molecule has 0 saturated carbocycles. The highest BCUT2D eigenvalue weighted by Gasteiger charge is 2.17. The van der Waals surface area contributed by atoms with Gasteiger partial charge in [0.1, 0.15) is 11.5 Å². The van der Waals surface area contributed by atoms with Gasteiger partial charge in [0.15, 0.2) is 0 Å². The van der Waals surface area contributed by atoms with Crippen LogP contribution in [0.3, 0.4) is 0 Å². The van der Waals surface area contributed by atoms with Gasteiger partial charge in [0, 0.05) is 16.1 Å². The van der Waals surface area contributed by atoms with Crippen molar-refractivity contribution in [2.45, 2.75) is 26.2 Å². The van der Waals surface area contributed by atoms with Gasteiger partial charge in [-0.15, -0.1) is 11.3 Å². The molecule has 3 aromatic rings. The van der Waals surface area contributed by atoms with E-state index in [2.05, 4.69) is 31.4 Å². The number of hydrogen-bond acceptors (Lipinski definition) is 3. The summed E-state index contributed by atoms with van der Waals surface area (Å²) in [6, 6.07) is 16.5. The second kappa shape index (κ2) is 9.05. The second-order valence-corrected chi connectivity index (χ2v) is 8.80. The molecule has 3 rings (SSSR count). The lowest BCUT2D eigenvalue weighted by Crippen LogP contribution is -2.30. The highest BCUT2D eigenvalue weighted by molar-refractivity contribution is 7.10. The van der Waals surface area contributed by atoms with Crippen LogP contribution in [0.25, 0.3) is 6.08 Å². The molecule has 1 aromatic heterocycles. The molecular formula is C24H23FN2O2S. The van der Waals surface area contributed by atoms with Crippen LogP contribution < -0.4 is 10.6 Å². The van der Waals surface area contributed by atoms with Crippen LogP contribution in [0.5, 0.6) is 0 Å². The predicted octanol–water partition coefficient (Wildman–Crippen LogP) is 5.59. The summed E-state index contributed by atoms with van der Waals surface area (Å²) in [5, 5.41) is 7.27. The Bertz CT molecular complexity index is 1050. The van der Waals surface area contributed by atoms with Gasteiger partial charge in [0.25, 0.3) is 11.8 Å². The Hall–Kier alpha value is -3.25. The van der Waals surface area contributed by atoms with E-state index in [-0.39, 0.29) is 17.0 Å². The monoisotopic (exact) mass is 422 g/mol. The third kappa shape index (κ3) is 5.64. The minimum atomic E-state index is -0.491. The zero-order valence-electron chi connectivity index (χ0n) is 17.0. The summed E-state index contributed by atoms with van der Waals surface area (Å²) in [4.78, 5) is 26.4. The standard InChI is InChI=1S/C24H23FN2O2S/c1-24(2,3)17-8-6-16(7-9-17)22(28)27-21(15-20-5-4-14-30-20)23(29)26-19-12-10-18(25)11-13-19/h4-15H,1-3H3,(H,26,29)(H,27,28)/b21-15+.